The van der Waals surface area contributed by atoms with E-state index in [9.17, 15) is 9.18 Å². The standard InChI is InChI=1S/C17H26BrFN4O/c1-5-20-16(22-11-15(24)23-17(2,3)4)21-9-8-12-10-13(18)6-7-14(12)19/h6-7,10H,5,8-9,11H2,1-4H3,(H,23,24)(H2,20,21,22). The minimum absolute atomic E-state index is 0.0395. The predicted octanol–water partition coefficient (Wildman–Crippen LogP) is 2.60. The highest BCUT2D eigenvalue weighted by Gasteiger charge is 2.13. The first kappa shape index (κ1) is 20.4. The number of halogens is 2. The highest BCUT2D eigenvalue weighted by atomic mass is 79.9. The summed E-state index contributed by atoms with van der Waals surface area (Å²) in [6.07, 6.45) is 0.518. The molecule has 0 bridgehead atoms. The van der Waals surface area contributed by atoms with Gasteiger partial charge in [0.1, 0.15) is 12.4 Å². The SMILES string of the molecule is CCNC(=NCC(=O)NC(C)(C)C)NCCc1cc(Br)ccc1F. The van der Waals surface area contributed by atoms with E-state index in [0.717, 1.165) is 4.47 Å². The number of nitrogens with one attached hydrogen (secondary N) is 3. The van der Waals surface area contributed by atoms with Crippen molar-refractivity contribution in [1.29, 1.82) is 0 Å². The van der Waals surface area contributed by atoms with Gasteiger partial charge in [0.15, 0.2) is 5.96 Å². The molecule has 0 radical (unpaired) electrons. The summed E-state index contributed by atoms with van der Waals surface area (Å²) in [6.45, 7) is 8.94. The first-order valence-electron chi connectivity index (χ1n) is 7.98. The number of hydrogen-bond donors (Lipinski definition) is 3. The van der Waals surface area contributed by atoms with Crippen molar-refractivity contribution in [1.82, 2.24) is 16.0 Å². The van der Waals surface area contributed by atoms with Gasteiger partial charge in [-0.3, -0.25) is 4.79 Å². The molecule has 1 rings (SSSR count). The van der Waals surface area contributed by atoms with Gasteiger partial charge in [-0.1, -0.05) is 15.9 Å². The van der Waals surface area contributed by atoms with Gasteiger partial charge in [0.2, 0.25) is 5.91 Å². The molecule has 0 fully saturated rings. The largest absolute Gasteiger partial charge is 0.357 e. The highest BCUT2D eigenvalue weighted by Crippen LogP contribution is 2.15. The van der Waals surface area contributed by atoms with Crippen LogP contribution in [0.3, 0.4) is 0 Å². The number of aliphatic imine (C=N–C) groups is 1. The lowest BCUT2D eigenvalue weighted by Crippen LogP contribution is -2.43. The van der Waals surface area contributed by atoms with Crippen LogP contribution in [0.25, 0.3) is 0 Å². The summed E-state index contributed by atoms with van der Waals surface area (Å²) in [4.78, 5) is 16.1. The maximum atomic E-state index is 13.7. The molecule has 3 N–H and O–H groups in total. The zero-order valence-corrected chi connectivity index (χ0v) is 16.3. The lowest BCUT2D eigenvalue weighted by atomic mass is 10.1. The van der Waals surface area contributed by atoms with Gasteiger partial charge in [-0.2, -0.15) is 0 Å². The fourth-order valence-corrected chi connectivity index (χ4v) is 2.41. The summed E-state index contributed by atoms with van der Waals surface area (Å²) < 4.78 is 14.6. The molecular weight excluding hydrogens is 375 g/mol. The van der Waals surface area contributed by atoms with Crippen LogP contribution in [0.2, 0.25) is 0 Å². The molecule has 1 aromatic rings. The van der Waals surface area contributed by atoms with Gasteiger partial charge < -0.3 is 16.0 Å². The van der Waals surface area contributed by atoms with E-state index in [0.29, 0.717) is 31.0 Å². The van der Waals surface area contributed by atoms with E-state index >= 15 is 0 Å². The van der Waals surface area contributed by atoms with E-state index in [4.69, 9.17) is 0 Å². The summed E-state index contributed by atoms with van der Waals surface area (Å²) in [5, 5.41) is 9.04. The number of guanidine groups is 1. The Morgan fingerprint density at radius 1 is 1.29 bits per heavy atom. The van der Waals surface area contributed by atoms with E-state index < -0.39 is 0 Å². The first-order valence-corrected chi connectivity index (χ1v) is 8.77. The topological polar surface area (TPSA) is 65.5 Å². The molecule has 24 heavy (non-hydrogen) atoms. The number of carbonyl (C=O) groups excluding carboxylic acids is 1. The summed E-state index contributed by atoms with van der Waals surface area (Å²) in [7, 11) is 0. The van der Waals surface area contributed by atoms with Crippen LogP contribution in [-0.2, 0) is 11.2 Å². The molecule has 0 aliphatic heterocycles. The smallest absolute Gasteiger partial charge is 0.242 e. The van der Waals surface area contributed by atoms with Crippen molar-refractivity contribution in [2.24, 2.45) is 4.99 Å². The molecule has 0 aromatic heterocycles. The van der Waals surface area contributed by atoms with Crippen LogP contribution < -0.4 is 16.0 Å². The van der Waals surface area contributed by atoms with Gasteiger partial charge in [-0.05, 0) is 57.9 Å². The third-order valence-electron chi connectivity index (χ3n) is 2.93. The minimum atomic E-state index is -0.281. The van der Waals surface area contributed by atoms with Gasteiger partial charge in [0, 0.05) is 23.1 Å². The molecule has 5 nitrogen and oxygen atoms in total. The zero-order chi connectivity index (χ0) is 18.2. The summed E-state index contributed by atoms with van der Waals surface area (Å²) in [6, 6.07) is 4.87. The van der Waals surface area contributed by atoms with E-state index in [1.807, 2.05) is 27.7 Å². The third-order valence-corrected chi connectivity index (χ3v) is 3.43. The fourth-order valence-electron chi connectivity index (χ4n) is 2.00. The number of nitrogens with zero attached hydrogens (tertiary/aromatic N) is 1. The molecule has 1 amide bonds. The third kappa shape index (κ3) is 8.29. The lowest BCUT2D eigenvalue weighted by Gasteiger charge is -2.20. The number of hydrogen-bond acceptors (Lipinski definition) is 2. The molecule has 0 saturated heterocycles. The number of amides is 1. The van der Waals surface area contributed by atoms with Crippen molar-refractivity contribution in [2.45, 2.75) is 39.7 Å². The molecule has 0 unspecified atom stereocenters. The Kier molecular flexibility index (Phi) is 8.18. The molecular formula is C17H26BrFN4O. The van der Waals surface area contributed by atoms with Gasteiger partial charge in [-0.25, -0.2) is 9.38 Å². The number of benzene rings is 1. The summed E-state index contributed by atoms with van der Waals surface area (Å²) in [5.74, 6) is 0.168. The van der Waals surface area contributed by atoms with E-state index in [2.05, 4.69) is 36.9 Å². The molecule has 0 spiro atoms. The first-order chi connectivity index (χ1) is 11.2. The van der Waals surface area contributed by atoms with Crippen molar-refractivity contribution in [3.05, 3.63) is 34.1 Å². The Balaban J connectivity index is 2.55. The van der Waals surface area contributed by atoms with Crippen LogP contribution in [0.15, 0.2) is 27.7 Å². The van der Waals surface area contributed by atoms with E-state index in [1.165, 1.54) is 6.07 Å². The lowest BCUT2D eigenvalue weighted by molar-refractivity contribution is -0.121. The second-order valence-corrected chi connectivity index (χ2v) is 7.32. The monoisotopic (exact) mass is 400 g/mol. The molecule has 7 heteroatoms. The maximum absolute atomic E-state index is 13.7. The van der Waals surface area contributed by atoms with Crippen LogP contribution in [0.1, 0.15) is 33.3 Å². The van der Waals surface area contributed by atoms with Crippen molar-refractivity contribution in [2.75, 3.05) is 19.6 Å². The van der Waals surface area contributed by atoms with Gasteiger partial charge in [0.05, 0.1) is 0 Å². The molecule has 1 aromatic carbocycles. The van der Waals surface area contributed by atoms with Gasteiger partial charge >= 0.3 is 0 Å². The number of rotatable bonds is 6. The molecule has 0 aliphatic rings. The zero-order valence-electron chi connectivity index (χ0n) is 14.7. The van der Waals surface area contributed by atoms with Crippen LogP contribution in [-0.4, -0.2) is 37.0 Å². The van der Waals surface area contributed by atoms with Crippen LogP contribution in [0.5, 0.6) is 0 Å². The maximum Gasteiger partial charge on any atom is 0.242 e. The van der Waals surface area contributed by atoms with Crippen LogP contribution >= 0.6 is 15.9 Å². The second kappa shape index (κ2) is 9.61. The molecule has 134 valence electrons. The summed E-state index contributed by atoms with van der Waals surface area (Å²) in [5.41, 5.74) is 0.342. The Morgan fingerprint density at radius 2 is 2.00 bits per heavy atom. The van der Waals surface area contributed by atoms with E-state index in [-0.39, 0.29) is 23.8 Å². The van der Waals surface area contributed by atoms with E-state index in [1.54, 1.807) is 12.1 Å². The fraction of sp³-hybridized carbons (Fsp3) is 0.529. The predicted molar refractivity (Wildman–Crippen MR) is 99.7 cm³/mol. The number of carbonyl (C=O) groups is 1. The van der Waals surface area contributed by atoms with Crippen LogP contribution in [0, 0.1) is 5.82 Å². The normalized spacial score (nSPS) is 12.0. The van der Waals surface area contributed by atoms with Crippen LogP contribution in [0.4, 0.5) is 4.39 Å². The van der Waals surface area contributed by atoms with Crippen molar-refractivity contribution >= 4 is 27.8 Å². The van der Waals surface area contributed by atoms with Crippen molar-refractivity contribution in [3.63, 3.8) is 0 Å². The van der Waals surface area contributed by atoms with Gasteiger partial charge in [-0.15, -0.1) is 0 Å². The quantitative estimate of drug-likeness (QED) is 0.507. The van der Waals surface area contributed by atoms with Gasteiger partial charge in [0.25, 0.3) is 0 Å². The Bertz CT molecular complexity index is 584. The Hall–Kier alpha value is -1.63. The average Bonchev–Trinajstić information content (AvgIpc) is 2.46. The highest BCUT2D eigenvalue weighted by molar-refractivity contribution is 9.10. The molecule has 0 atom stereocenters. The average molecular weight is 401 g/mol. The molecule has 0 saturated carbocycles. The molecule has 0 heterocycles. The second-order valence-electron chi connectivity index (χ2n) is 6.41. The molecule has 0 aliphatic carbocycles. The Morgan fingerprint density at radius 3 is 2.62 bits per heavy atom. The van der Waals surface area contributed by atoms with Crippen molar-refractivity contribution in [3.8, 4) is 0 Å². The summed E-state index contributed by atoms with van der Waals surface area (Å²) >= 11 is 3.34. The Labute approximate surface area is 151 Å². The van der Waals surface area contributed by atoms with Crippen molar-refractivity contribution < 1.29 is 9.18 Å². The minimum Gasteiger partial charge on any atom is -0.357 e.